The molecule has 196 valence electrons. The van der Waals surface area contributed by atoms with E-state index in [0.717, 1.165) is 29.7 Å². The van der Waals surface area contributed by atoms with E-state index < -0.39 is 6.04 Å². The summed E-state index contributed by atoms with van der Waals surface area (Å²) in [6, 6.07) is 23.2. The minimum atomic E-state index is -0.618. The normalized spacial score (nSPS) is 11.7. The molecule has 0 radical (unpaired) electrons. The molecule has 6 heteroatoms. The zero-order valence-electron chi connectivity index (χ0n) is 22.0. The number of amides is 2. The number of thioether (sulfide) groups is 1. The number of carbonyl (C=O) groups excluding carboxylic acids is 2. The number of hydrogen-bond acceptors (Lipinski definition) is 3. The van der Waals surface area contributed by atoms with Crippen molar-refractivity contribution in [3.8, 4) is 0 Å². The Hall–Kier alpha value is -2.76. The first-order valence-corrected chi connectivity index (χ1v) is 14.4. The Kier molecular flexibility index (Phi) is 11.6. The maximum Gasteiger partial charge on any atom is 0.243 e. The van der Waals surface area contributed by atoms with Gasteiger partial charge in [-0.2, -0.15) is 0 Å². The lowest BCUT2D eigenvalue weighted by Crippen LogP contribution is -2.51. The fourth-order valence-electron chi connectivity index (χ4n) is 4.38. The molecule has 0 saturated heterocycles. The third-order valence-corrected chi connectivity index (χ3v) is 7.34. The van der Waals surface area contributed by atoms with Gasteiger partial charge in [-0.1, -0.05) is 96.7 Å². The van der Waals surface area contributed by atoms with Gasteiger partial charge in [0.1, 0.15) is 6.04 Å². The number of halogens is 1. The van der Waals surface area contributed by atoms with E-state index >= 15 is 0 Å². The van der Waals surface area contributed by atoms with Crippen LogP contribution < -0.4 is 5.32 Å². The standard InChI is InChI=1S/C31H37ClN2O2S/c1-4-5-14-33-31(36)29(19-25-10-7-6-8-11-25)34(20-26-12-9-13-28(32)18-26)30(35)22-37-21-27-16-23(2)15-24(3)17-27/h6-13,15-18,29H,4-5,14,19-22H2,1-3H3,(H,33,36). The van der Waals surface area contributed by atoms with Crippen LogP contribution in [0.25, 0.3) is 0 Å². The molecule has 4 nitrogen and oxygen atoms in total. The highest BCUT2D eigenvalue weighted by atomic mass is 35.5. The van der Waals surface area contributed by atoms with Gasteiger partial charge in [0, 0.05) is 30.3 Å². The highest BCUT2D eigenvalue weighted by molar-refractivity contribution is 7.99. The van der Waals surface area contributed by atoms with Crippen LogP contribution in [0.1, 0.15) is 47.6 Å². The molecule has 0 aromatic heterocycles. The lowest BCUT2D eigenvalue weighted by molar-refractivity contribution is -0.139. The Morgan fingerprint density at radius 1 is 0.919 bits per heavy atom. The van der Waals surface area contributed by atoms with Gasteiger partial charge in [0.15, 0.2) is 0 Å². The van der Waals surface area contributed by atoms with Gasteiger partial charge in [-0.05, 0) is 49.1 Å². The van der Waals surface area contributed by atoms with Crippen molar-refractivity contribution >= 4 is 35.2 Å². The Morgan fingerprint density at radius 2 is 1.62 bits per heavy atom. The van der Waals surface area contributed by atoms with Crippen LogP contribution in [0.2, 0.25) is 5.02 Å². The number of hydrogen-bond donors (Lipinski definition) is 1. The zero-order chi connectivity index (χ0) is 26.6. The number of carbonyl (C=O) groups is 2. The van der Waals surface area contributed by atoms with Crippen molar-refractivity contribution < 1.29 is 9.59 Å². The maximum atomic E-state index is 13.7. The van der Waals surface area contributed by atoms with E-state index in [1.54, 1.807) is 16.7 Å². The van der Waals surface area contributed by atoms with E-state index in [0.29, 0.717) is 30.3 Å². The molecule has 0 fully saturated rings. The number of benzene rings is 3. The van der Waals surface area contributed by atoms with Crippen LogP contribution in [0.5, 0.6) is 0 Å². The molecule has 1 unspecified atom stereocenters. The first-order chi connectivity index (χ1) is 17.9. The third-order valence-electron chi connectivity index (χ3n) is 6.12. The van der Waals surface area contributed by atoms with Gasteiger partial charge in [0.25, 0.3) is 0 Å². The summed E-state index contributed by atoms with van der Waals surface area (Å²) in [6.45, 7) is 7.19. The first-order valence-electron chi connectivity index (χ1n) is 12.9. The summed E-state index contributed by atoms with van der Waals surface area (Å²) in [4.78, 5) is 28.9. The van der Waals surface area contributed by atoms with E-state index in [4.69, 9.17) is 11.6 Å². The van der Waals surface area contributed by atoms with Crippen molar-refractivity contribution in [3.63, 3.8) is 0 Å². The molecule has 0 aliphatic carbocycles. The molecule has 1 atom stereocenters. The summed E-state index contributed by atoms with van der Waals surface area (Å²) in [6.07, 6.45) is 2.34. The van der Waals surface area contributed by atoms with Crippen LogP contribution in [-0.2, 0) is 28.3 Å². The van der Waals surface area contributed by atoms with E-state index in [1.807, 2.05) is 54.6 Å². The maximum absolute atomic E-state index is 13.7. The highest BCUT2D eigenvalue weighted by Crippen LogP contribution is 2.21. The van der Waals surface area contributed by atoms with Crippen molar-refractivity contribution in [2.24, 2.45) is 0 Å². The molecule has 37 heavy (non-hydrogen) atoms. The van der Waals surface area contributed by atoms with Crippen LogP contribution in [0, 0.1) is 13.8 Å². The molecule has 1 N–H and O–H groups in total. The van der Waals surface area contributed by atoms with Crippen molar-refractivity contribution in [3.05, 3.63) is 106 Å². The smallest absolute Gasteiger partial charge is 0.243 e. The molecule has 3 rings (SSSR count). The second-order valence-electron chi connectivity index (χ2n) is 9.49. The Balaban J connectivity index is 1.83. The molecule has 2 amide bonds. The number of nitrogens with zero attached hydrogens (tertiary/aromatic N) is 1. The van der Waals surface area contributed by atoms with E-state index in [2.05, 4.69) is 44.3 Å². The van der Waals surface area contributed by atoms with Crippen LogP contribution in [0.15, 0.2) is 72.8 Å². The summed E-state index contributed by atoms with van der Waals surface area (Å²) in [5, 5.41) is 3.68. The second kappa shape index (κ2) is 14.8. The Morgan fingerprint density at radius 3 is 2.30 bits per heavy atom. The summed E-state index contributed by atoms with van der Waals surface area (Å²) >= 11 is 7.84. The molecule has 3 aromatic rings. The van der Waals surface area contributed by atoms with Gasteiger partial charge in [0.2, 0.25) is 11.8 Å². The summed E-state index contributed by atoms with van der Waals surface area (Å²) in [5.41, 5.74) is 5.56. The van der Waals surface area contributed by atoms with Crippen LogP contribution in [-0.4, -0.2) is 35.1 Å². The molecule has 0 spiro atoms. The van der Waals surface area contributed by atoms with Crippen LogP contribution in [0.4, 0.5) is 0 Å². The molecule has 0 aliphatic heterocycles. The Labute approximate surface area is 230 Å². The van der Waals surface area contributed by atoms with Gasteiger partial charge >= 0.3 is 0 Å². The zero-order valence-corrected chi connectivity index (χ0v) is 23.6. The quantitative estimate of drug-likeness (QED) is 0.246. The largest absolute Gasteiger partial charge is 0.354 e. The molecule has 0 bridgehead atoms. The second-order valence-corrected chi connectivity index (χ2v) is 10.9. The number of rotatable bonds is 13. The lowest BCUT2D eigenvalue weighted by Gasteiger charge is -2.31. The molecule has 0 heterocycles. The van der Waals surface area contributed by atoms with Gasteiger partial charge in [-0.3, -0.25) is 9.59 Å². The fourth-order valence-corrected chi connectivity index (χ4v) is 5.44. The summed E-state index contributed by atoms with van der Waals surface area (Å²) < 4.78 is 0. The summed E-state index contributed by atoms with van der Waals surface area (Å²) in [7, 11) is 0. The Bertz CT molecular complexity index is 1150. The average Bonchev–Trinajstić information content (AvgIpc) is 2.86. The van der Waals surface area contributed by atoms with Gasteiger partial charge in [0.05, 0.1) is 5.75 Å². The van der Waals surface area contributed by atoms with Gasteiger partial charge < -0.3 is 10.2 Å². The lowest BCUT2D eigenvalue weighted by atomic mass is 10.0. The predicted octanol–water partition coefficient (Wildman–Crippen LogP) is 6.75. The SMILES string of the molecule is CCCCNC(=O)C(Cc1ccccc1)N(Cc1cccc(Cl)c1)C(=O)CSCc1cc(C)cc(C)c1. The molecular weight excluding hydrogens is 500 g/mol. The van der Waals surface area contributed by atoms with Crippen molar-refractivity contribution in [2.75, 3.05) is 12.3 Å². The van der Waals surface area contributed by atoms with Crippen molar-refractivity contribution in [2.45, 2.75) is 58.4 Å². The first kappa shape index (κ1) is 28.8. The average molecular weight is 537 g/mol. The third kappa shape index (κ3) is 9.56. The molecule has 0 aliphatic rings. The van der Waals surface area contributed by atoms with Crippen LogP contribution >= 0.6 is 23.4 Å². The van der Waals surface area contributed by atoms with Gasteiger partial charge in [-0.15, -0.1) is 11.8 Å². The molecular formula is C31H37ClN2O2S. The van der Waals surface area contributed by atoms with Gasteiger partial charge in [-0.25, -0.2) is 0 Å². The topological polar surface area (TPSA) is 49.4 Å². The van der Waals surface area contributed by atoms with E-state index in [1.165, 1.54) is 16.7 Å². The van der Waals surface area contributed by atoms with Crippen molar-refractivity contribution in [1.29, 1.82) is 0 Å². The minimum absolute atomic E-state index is 0.0547. The van der Waals surface area contributed by atoms with Crippen molar-refractivity contribution in [1.82, 2.24) is 10.2 Å². The number of unbranched alkanes of at least 4 members (excludes halogenated alkanes) is 1. The number of nitrogens with one attached hydrogen (secondary N) is 1. The monoisotopic (exact) mass is 536 g/mol. The van der Waals surface area contributed by atoms with Crippen LogP contribution in [0.3, 0.4) is 0 Å². The summed E-state index contributed by atoms with van der Waals surface area (Å²) in [5.74, 6) is 0.861. The molecule has 3 aromatic carbocycles. The highest BCUT2D eigenvalue weighted by Gasteiger charge is 2.30. The molecule has 0 saturated carbocycles. The fraction of sp³-hybridized carbons (Fsp3) is 0.355. The van der Waals surface area contributed by atoms with E-state index in [-0.39, 0.29) is 11.8 Å². The predicted molar refractivity (Wildman–Crippen MR) is 156 cm³/mol. The minimum Gasteiger partial charge on any atom is -0.354 e. The number of aryl methyl sites for hydroxylation is 2. The van der Waals surface area contributed by atoms with E-state index in [9.17, 15) is 9.59 Å².